The Morgan fingerprint density at radius 2 is 1.57 bits per heavy atom. The van der Waals surface area contributed by atoms with Crippen LogP contribution in [0.15, 0.2) is 66.9 Å². The smallest absolute Gasteiger partial charge is 0.262 e. The maximum atomic E-state index is 13.3. The van der Waals surface area contributed by atoms with E-state index in [0.29, 0.717) is 105 Å². The quantitative estimate of drug-likeness (QED) is 0.0743. The Kier molecular flexibility index (Phi) is 16.3. The van der Waals surface area contributed by atoms with Gasteiger partial charge in [0.1, 0.15) is 24.8 Å². The topological polar surface area (TPSA) is 181 Å². The molecule has 0 aliphatic carbocycles. The standard InChI is InChI=1S/C51H61ClN7O9P/c1-66-43-32-38(14-13-35(43)31-45-53-33-40(52)41(54-45)30-36-8-4-5-12-44(36)69(2,3)65)56-20-17-37(18-21-56)57-22-24-58(25-23-57)47(61)19-27-68-29-28-67-26-7-10-34-9-6-11-39-48(34)51(64)59(50(39)63)42-15-16-46(60)55-49(42)62/h4-6,8-9,11-14,32-33,37,42H,7,10,15-31H2,1-3H3,(H,55,60,62). The Labute approximate surface area is 408 Å². The largest absolute Gasteiger partial charge is 0.496 e. The Balaban J connectivity index is 0.708. The predicted octanol–water partition coefficient (Wildman–Crippen LogP) is 5.14. The fourth-order valence-corrected chi connectivity index (χ4v) is 11.3. The van der Waals surface area contributed by atoms with Crippen molar-refractivity contribution in [2.24, 2.45) is 0 Å². The molecule has 3 aromatic carbocycles. The number of amides is 5. The second-order valence-electron chi connectivity index (χ2n) is 18.4. The number of piperazine rings is 1. The van der Waals surface area contributed by atoms with Gasteiger partial charge in [0.05, 0.1) is 55.2 Å². The molecule has 0 saturated carbocycles. The van der Waals surface area contributed by atoms with Crippen molar-refractivity contribution < 1.29 is 42.7 Å². The summed E-state index contributed by atoms with van der Waals surface area (Å²) in [5.74, 6) is -0.557. The van der Waals surface area contributed by atoms with E-state index in [9.17, 15) is 28.5 Å². The Hall–Kier alpha value is -5.51. The van der Waals surface area contributed by atoms with Gasteiger partial charge in [0.15, 0.2) is 0 Å². The van der Waals surface area contributed by atoms with Crippen LogP contribution in [0.2, 0.25) is 5.02 Å². The third-order valence-corrected chi connectivity index (χ3v) is 15.5. The first-order valence-electron chi connectivity index (χ1n) is 23.9. The molecule has 16 nitrogen and oxygen atoms in total. The van der Waals surface area contributed by atoms with Gasteiger partial charge in [0, 0.05) is 100.0 Å². The molecule has 1 atom stereocenters. The lowest BCUT2D eigenvalue weighted by Crippen LogP contribution is -2.54. The molecule has 4 aliphatic heterocycles. The number of aromatic nitrogens is 2. The maximum Gasteiger partial charge on any atom is 0.262 e. The van der Waals surface area contributed by atoms with Crippen molar-refractivity contribution in [3.8, 4) is 5.75 Å². The minimum atomic E-state index is -2.49. The monoisotopic (exact) mass is 981 g/mol. The molecule has 3 saturated heterocycles. The number of imide groups is 2. The number of halogens is 1. The summed E-state index contributed by atoms with van der Waals surface area (Å²) in [4.78, 5) is 80.8. The summed E-state index contributed by atoms with van der Waals surface area (Å²) in [7, 11) is -0.800. The van der Waals surface area contributed by atoms with Crippen molar-refractivity contribution in [1.29, 1.82) is 0 Å². The highest BCUT2D eigenvalue weighted by atomic mass is 35.5. The summed E-state index contributed by atoms with van der Waals surface area (Å²) in [6, 6.07) is 18.7. The molecule has 4 aliphatic rings. The van der Waals surface area contributed by atoms with Crippen LogP contribution in [-0.4, -0.2) is 152 Å². The highest BCUT2D eigenvalue weighted by Gasteiger charge is 2.45. The Bertz CT molecular complexity index is 2610. The molecule has 3 fully saturated rings. The number of nitrogens with zero attached hydrogens (tertiary/aromatic N) is 6. The van der Waals surface area contributed by atoms with Crippen LogP contribution >= 0.6 is 18.7 Å². The zero-order chi connectivity index (χ0) is 48.7. The number of fused-ring (bicyclic) bond motifs is 1. The highest BCUT2D eigenvalue weighted by molar-refractivity contribution is 7.70. The SMILES string of the molecule is COc1cc(N2CCC(N3CCN(C(=O)CCOCCOCCCc4cccc5c4C(=O)N(C4CCC(=O)NC4=O)C5=O)CC3)CC2)ccc1Cc1ncc(Cl)c(Cc2ccccc2P(C)(C)=O)n1. The molecule has 18 heteroatoms. The molecule has 1 N–H and O–H groups in total. The van der Waals surface area contributed by atoms with Crippen LogP contribution in [-0.2, 0) is 47.7 Å². The molecular weight excluding hydrogens is 921 g/mol. The number of rotatable bonds is 19. The summed E-state index contributed by atoms with van der Waals surface area (Å²) in [5.41, 5.74) is 5.04. The number of nitrogens with one attached hydrogen (secondary N) is 1. The number of carbonyl (C=O) groups excluding carboxylic acids is 5. The zero-order valence-electron chi connectivity index (χ0n) is 39.6. The molecule has 5 heterocycles. The lowest BCUT2D eigenvalue weighted by molar-refractivity contribution is -0.136. The molecule has 69 heavy (non-hydrogen) atoms. The second-order valence-corrected chi connectivity index (χ2v) is 22.0. The van der Waals surface area contributed by atoms with Crippen LogP contribution in [0, 0.1) is 0 Å². The van der Waals surface area contributed by atoms with Gasteiger partial charge in [-0.3, -0.25) is 39.1 Å². The highest BCUT2D eigenvalue weighted by Crippen LogP contribution is 2.37. The number of hydrogen-bond donors (Lipinski definition) is 1. The van der Waals surface area contributed by atoms with Gasteiger partial charge in [-0.15, -0.1) is 0 Å². The van der Waals surface area contributed by atoms with Gasteiger partial charge in [-0.25, -0.2) is 9.97 Å². The second kappa shape index (κ2) is 22.5. The Morgan fingerprint density at radius 3 is 2.30 bits per heavy atom. The van der Waals surface area contributed by atoms with Crippen LogP contribution in [0.1, 0.15) is 87.4 Å². The van der Waals surface area contributed by atoms with Crippen molar-refractivity contribution in [2.75, 3.05) is 91.0 Å². The van der Waals surface area contributed by atoms with E-state index < -0.39 is 36.8 Å². The number of piperidine rings is 2. The minimum Gasteiger partial charge on any atom is -0.496 e. The van der Waals surface area contributed by atoms with E-state index in [-0.39, 0.29) is 24.3 Å². The molecule has 0 spiro atoms. The van der Waals surface area contributed by atoms with Gasteiger partial charge in [-0.1, -0.05) is 54.1 Å². The number of ether oxygens (including phenoxy) is 3. The molecular formula is C51H61ClN7O9P. The average molecular weight is 983 g/mol. The molecule has 5 amide bonds. The van der Waals surface area contributed by atoms with Crippen molar-refractivity contribution in [1.82, 2.24) is 30.0 Å². The van der Waals surface area contributed by atoms with Crippen LogP contribution in [0.4, 0.5) is 5.69 Å². The number of carbonyl (C=O) groups is 5. The van der Waals surface area contributed by atoms with Crippen LogP contribution in [0.5, 0.6) is 5.75 Å². The number of benzene rings is 3. The molecule has 4 aromatic rings. The maximum absolute atomic E-state index is 13.3. The summed E-state index contributed by atoms with van der Waals surface area (Å²) in [6.07, 6.45) is 6.26. The number of aryl methyl sites for hydroxylation is 1. The third-order valence-electron chi connectivity index (χ3n) is 13.5. The van der Waals surface area contributed by atoms with Gasteiger partial charge in [-0.2, -0.15) is 0 Å². The zero-order valence-corrected chi connectivity index (χ0v) is 41.3. The number of anilines is 1. The van der Waals surface area contributed by atoms with Crippen molar-refractivity contribution >= 4 is 59.3 Å². The molecule has 0 bridgehead atoms. The van der Waals surface area contributed by atoms with Gasteiger partial charge in [0.25, 0.3) is 11.8 Å². The molecule has 0 radical (unpaired) electrons. The average Bonchev–Trinajstić information content (AvgIpc) is 3.60. The van der Waals surface area contributed by atoms with E-state index in [1.54, 1.807) is 44.8 Å². The van der Waals surface area contributed by atoms with Crippen molar-refractivity contribution in [2.45, 2.75) is 69.9 Å². The lowest BCUT2D eigenvalue weighted by Gasteiger charge is -2.43. The van der Waals surface area contributed by atoms with Gasteiger partial charge < -0.3 is 28.6 Å². The summed E-state index contributed by atoms with van der Waals surface area (Å²) in [5, 5.41) is 3.54. The van der Waals surface area contributed by atoms with E-state index in [2.05, 4.69) is 38.3 Å². The first-order valence-corrected chi connectivity index (χ1v) is 26.8. The fraction of sp³-hybridized carbons (Fsp3) is 0.471. The number of hydrogen-bond acceptors (Lipinski definition) is 13. The van der Waals surface area contributed by atoms with E-state index in [4.69, 9.17) is 30.8 Å². The number of methoxy groups -OCH3 is 1. The van der Waals surface area contributed by atoms with E-state index in [1.807, 2.05) is 29.2 Å². The van der Waals surface area contributed by atoms with E-state index >= 15 is 0 Å². The summed E-state index contributed by atoms with van der Waals surface area (Å²) in [6.45, 7) is 9.95. The first kappa shape index (κ1) is 49.9. The summed E-state index contributed by atoms with van der Waals surface area (Å²) >= 11 is 6.57. The first-order chi connectivity index (χ1) is 33.3. The van der Waals surface area contributed by atoms with E-state index in [0.717, 1.165) is 71.8 Å². The minimum absolute atomic E-state index is 0.0709. The normalized spacial score (nSPS) is 18.2. The Morgan fingerprint density at radius 1 is 0.826 bits per heavy atom. The predicted molar refractivity (Wildman–Crippen MR) is 262 cm³/mol. The molecule has 366 valence electrons. The van der Waals surface area contributed by atoms with E-state index in [1.165, 1.54) is 0 Å². The molecule has 8 rings (SSSR count). The fourth-order valence-electron chi connectivity index (χ4n) is 9.89. The van der Waals surface area contributed by atoms with Gasteiger partial charge >= 0.3 is 0 Å². The molecule has 1 unspecified atom stereocenters. The summed E-state index contributed by atoms with van der Waals surface area (Å²) < 4.78 is 30.3. The van der Waals surface area contributed by atoms with Gasteiger partial charge in [0.2, 0.25) is 17.7 Å². The van der Waals surface area contributed by atoms with Crippen LogP contribution in [0.25, 0.3) is 0 Å². The third kappa shape index (κ3) is 11.9. The van der Waals surface area contributed by atoms with Crippen molar-refractivity contribution in [3.63, 3.8) is 0 Å². The van der Waals surface area contributed by atoms with Crippen LogP contribution < -0.4 is 20.3 Å². The molecule has 1 aromatic heterocycles. The van der Waals surface area contributed by atoms with Gasteiger partial charge in [-0.05, 0) is 68.7 Å². The lowest BCUT2D eigenvalue weighted by atomic mass is 9.99. The van der Waals surface area contributed by atoms with Crippen molar-refractivity contribution in [3.05, 3.63) is 111 Å². The van der Waals surface area contributed by atoms with Crippen LogP contribution in [0.3, 0.4) is 0 Å².